The number of hydrogen-bond donors (Lipinski definition) is 2. The summed E-state index contributed by atoms with van der Waals surface area (Å²) in [4.78, 5) is 11.7. The number of anilines is 1. The highest BCUT2D eigenvalue weighted by Crippen LogP contribution is 2.18. The Morgan fingerprint density at radius 1 is 1.29 bits per heavy atom. The number of nitrogens with zero attached hydrogens (tertiary/aromatic N) is 1. The molecule has 1 saturated heterocycles. The number of amides is 1. The number of hydrogen-bond acceptors (Lipinski definition) is 3. The van der Waals surface area contributed by atoms with Crippen molar-refractivity contribution in [2.45, 2.75) is 40.2 Å². The van der Waals surface area contributed by atoms with Gasteiger partial charge in [-0.25, -0.2) is 0 Å². The Hall–Kier alpha value is -1.44. The maximum Gasteiger partial charge on any atom is 0.279 e. The minimum Gasteiger partial charge on any atom is -0.326 e. The van der Waals surface area contributed by atoms with E-state index in [0.717, 1.165) is 18.4 Å². The van der Waals surface area contributed by atoms with E-state index in [4.69, 9.17) is 0 Å². The summed E-state index contributed by atoms with van der Waals surface area (Å²) in [5, 5.41) is 2.82. The largest absolute Gasteiger partial charge is 0.326 e. The van der Waals surface area contributed by atoms with E-state index in [1.54, 1.807) is 12.1 Å². The Kier molecular flexibility index (Phi) is 6.37. The molecule has 1 aromatic carbocycles. The summed E-state index contributed by atoms with van der Waals surface area (Å²) >= 11 is 0. The third kappa shape index (κ3) is 5.29. The van der Waals surface area contributed by atoms with E-state index in [2.05, 4.69) is 17.0 Å². The Balaban J connectivity index is 1.95. The van der Waals surface area contributed by atoms with Gasteiger partial charge in [0.05, 0.1) is 0 Å². The highest BCUT2D eigenvalue weighted by Gasteiger charge is 2.25. The first-order valence-electron chi connectivity index (χ1n) is 8.42. The number of benzene rings is 1. The molecule has 1 amide bonds. The lowest BCUT2D eigenvalue weighted by Crippen LogP contribution is -2.44. The Morgan fingerprint density at radius 2 is 1.96 bits per heavy atom. The molecule has 7 heteroatoms. The molecule has 2 rings (SSSR count). The first-order chi connectivity index (χ1) is 11.3. The molecule has 1 aliphatic heterocycles. The molecular weight excluding hydrogens is 326 g/mol. The standard InChI is InChI=1S/C17H27N3O3S/c1-13(2)17(21)19-16-6-4-5-15(11-16)12-18-24(22,23)20-9-7-14(3)8-10-20/h4-6,11,13-14,18H,7-10,12H2,1-3H3,(H,19,21). The van der Waals surface area contributed by atoms with Crippen molar-refractivity contribution in [1.29, 1.82) is 0 Å². The van der Waals surface area contributed by atoms with Gasteiger partial charge in [0.15, 0.2) is 0 Å². The zero-order chi connectivity index (χ0) is 17.7. The van der Waals surface area contributed by atoms with Crippen LogP contribution in [-0.2, 0) is 21.5 Å². The number of nitrogens with one attached hydrogen (secondary N) is 2. The molecule has 0 aliphatic carbocycles. The maximum absolute atomic E-state index is 12.4. The Morgan fingerprint density at radius 3 is 2.58 bits per heavy atom. The van der Waals surface area contributed by atoms with Gasteiger partial charge in [-0.2, -0.15) is 17.4 Å². The second-order valence-electron chi connectivity index (χ2n) is 6.75. The fourth-order valence-corrected chi connectivity index (χ4v) is 3.76. The van der Waals surface area contributed by atoms with Crippen LogP contribution in [0.1, 0.15) is 39.2 Å². The average molecular weight is 353 g/mol. The van der Waals surface area contributed by atoms with Crippen LogP contribution in [0.3, 0.4) is 0 Å². The lowest BCUT2D eigenvalue weighted by molar-refractivity contribution is -0.118. The monoisotopic (exact) mass is 353 g/mol. The highest BCUT2D eigenvalue weighted by atomic mass is 32.2. The summed E-state index contributed by atoms with van der Waals surface area (Å²) < 4.78 is 28.9. The van der Waals surface area contributed by atoms with E-state index in [1.165, 1.54) is 4.31 Å². The first-order valence-corrected chi connectivity index (χ1v) is 9.86. The highest BCUT2D eigenvalue weighted by molar-refractivity contribution is 7.87. The van der Waals surface area contributed by atoms with Gasteiger partial charge in [-0.1, -0.05) is 32.9 Å². The molecule has 1 aromatic rings. The Bertz CT molecular complexity index is 665. The molecule has 1 fully saturated rings. The molecule has 0 saturated carbocycles. The van der Waals surface area contributed by atoms with Crippen LogP contribution < -0.4 is 10.0 Å². The molecule has 1 heterocycles. The summed E-state index contributed by atoms with van der Waals surface area (Å²) in [6.45, 7) is 7.15. The van der Waals surface area contributed by atoms with Gasteiger partial charge in [0, 0.05) is 31.2 Å². The van der Waals surface area contributed by atoms with Crippen LogP contribution in [0.4, 0.5) is 5.69 Å². The van der Waals surface area contributed by atoms with Crippen molar-refractivity contribution in [3.8, 4) is 0 Å². The van der Waals surface area contributed by atoms with Crippen molar-refractivity contribution in [2.75, 3.05) is 18.4 Å². The number of rotatable bonds is 6. The van der Waals surface area contributed by atoms with Gasteiger partial charge in [0.1, 0.15) is 0 Å². The number of carbonyl (C=O) groups is 1. The van der Waals surface area contributed by atoms with Crippen molar-refractivity contribution in [3.63, 3.8) is 0 Å². The summed E-state index contributed by atoms with van der Waals surface area (Å²) in [6.07, 6.45) is 1.80. The van der Waals surface area contributed by atoms with Gasteiger partial charge >= 0.3 is 0 Å². The summed E-state index contributed by atoms with van der Waals surface area (Å²) in [5.74, 6) is 0.418. The van der Waals surface area contributed by atoms with E-state index >= 15 is 0 Å². The lowest BCUT2D eigenvalue weighted by Gasteiger charge is -2.29. The molecule has 1 aliphatic rings. The van der Waals surface area contributed by atoms with Crippen LogP contribution in [0.5, 0.6) is 0 Å². The summed E-state index contributed by atoms with van der Waals surface area (Å²) in [7, 11) is -3.46. The predicted octanol–water partition coefficient (Wildman–Crippen LogP) is 2.35. The van der Waals surface area contributed by atoms with Gasteiger partial charge in [-0.3, -0.25) is 4.79 Å². The molecule has 0 atom stereocenters. The fourth-order valence-electron chi connectivity index (χ4n) is 2.54. The molecule has 0 spiro atoms. The number of carbonyl (C=O) groups excluding carboxylic acids is 1. The van der Waals surface area contributed by atoms with E-state index in [0.29, 0.717) is 24.7 Å². The first kappa shape index (κ1) is 18.9. The molecule has 0 aromatic heterocycles. The van der Waals surface area contributed by atoms with Gasteiger partial charge < -0.3 is 5.32 Å². The maximum atomic E-state index is 12.4. The molecule has 24 heavy (non-hydrogen) atoms. The SMILES string of the molecule is CC1CCN(S(=O)(=O)NCc2cccc(NC(=O)C(C)C)c2)CC1. The third-order valence-electron chi connectivity index (χ3n) is 4.26. The van der Waals surface area contributed by atoms with Gasteiger partial charge in [-0.15, -0.1) is 0 Å². The van der Waals surface area contributed by atoms with Crippen molar-refractivity contribution in [2.24, 2.45) is 11.8 Å². The van der Waals surface area contributed by atoms with Crippen LogP contribution in [0.25, 0.3) is 0 Å². The molecule has 6 nitrogen and oxygen atoms in total. The Labute approximate surface area is 144 Å². The average Bonchev–Trinajstić information content (AvgIpc) is 2.54. The number of piperidine rings is 1. The van der Waals surface area contributed by atoms with Gasteiger partial charge in [0.25, 0.3) is 10.2 Å². The van der Waals surface area contributed by atoms with Crippen LogP contribution in [0.2, 0.25) is 0 Å². The minimum absolute atomic E-state index is 0.0600. The molecule has 134 valence electrons. The topological polar surface area (TPSA) is 78.5 Å². The minimum atomic E-state index is -3.46. The molecule has 0 radical (unpaired) electrons. The summed E-state index contributed by atoms with van der Waals surface area (Å²) in [6, 6.07) is 7.24. The molecule has 0 unspecified atom stereocenters. The molecule has 2 N–H and O–H groups in total. The normalized spacial score (nSPS) is 17.2. The molecular formula is C17H27N3O3S. The third-order valence-corrected chi connectivity index (χ3v) is 5.81. The fraction of sp³-hybridized carbons (Fsp3) is 0.588. The van der Waals surface area contributed by atoms with E-state index in [-0.39, 0.29) is 18.4 Å². The predicted molar refractivity (Wildman–Crippen MR) is 95.6 cm³/mol. The van der Waals surface area contributed by atoms with Gasteiger partial charge in [-0.05, 0) is 36.5 Å². The van der Waals surface area contributed by atoms with E-state index < -0.39 is 10.2 Å². The smallest absolute Gasteiger partial charge is 0.279 e. The second kappa shape index (κ2) is 8.09. The zero-order valence-electron chi connectivity index (χ0n) is 14.6. The van der Waals surface area contributed by atoms with E-state index in [1.807, 2.05) is 26.0 Å². The van der Waals surface area contributed by atoms with Crippen molar-refractivity contribution in [1.82, 2.24) is 9.03 Å². The van der Waals surface area contributed by atoms with Gasteiger partial charge in [0.2, 0.25) is 5.91 Å². The summed E-state index contributed by atoms with van der Waals surface area (Å²) in [5.41, 5.74) is 1.49. The zero-order valence-corrected chi connectivity index (χ0v) is 15.4. The van der Waals surface area contributed by atoms with Crippen molar-refractivity contribution >= 4 is 21.8 Å². The van der Waals surface area contributed by atoms with Crippen LogP contribution in [0.15, 0.2) is 24.3 Å². The van der Waals surface area contributed by atoms with Crippen molar-refractivity contribution < 1.29 is 13.2 Å². The van der Waals surface area contributed by atoms with E-state index in [9.17, 15) is 13.2 Å². The van der Waals surface area contributed by atoms with Crippen LogP contribution in [-0.4, -0.2) is 31.7 Å². The van der Waals surface area contributed by atoms with Crippen molar-refractivity contribution in [3.05, 3.63) is 29.8 Å². The lowest BCUT2D eigenvalue weighted by atomic mass is 10.0. The molecule has 0 bridgehead atoms. The second-order valence-corrected chi connectivity index (χ2v) is 8.51. The quantitative estimate of drug-likeness (QED) is 0.824. The van der Waals surface area contributed by atoms with Crippen LogP contribution >= 0.6 is 0 Å². The van der Waals surface area contributed by atoms with Crippen LogP contribution in [0, 0.1) is 11.8 Å².